The second-order valence-corrected chi connectivity index (χ2v) is 5.56. The quantitative estimate of drug-likeness (QED) is 0.746. The van der Waals surface area contributed by atoms with Gasteiger partial charge in [-0.1, -0.05) is 11.6 Å². The molecule has 2 aromatic rings. The smallest absolute Gasteiger partial charge is 0.267 e. The van der Waals surface area contributed by atoms with Crippen molar-refractivity contribution in [2.45, 2.75) is 18.9 Å². The summed E-state index contributed by atoms with van der Waals surface area (Å²) in [6, 6.07) is 2.81. The maximum Gasteiger partial charge on any atom is 0.267 e. The van der Waals surface area contributed by atoms with Crippen LogP contribution in [-0.2, 0) is 0 Å². The number of carbonyl (C=O) groups excluding carboxylic acids is 1. The SMILES string of the molecule is O=C(N[C@H]1CCCNC1)c1cc2cc(Cl)c(F)c(F)c2[nH]1. The number of H-pyrrole nitrogens is 1. The van der Waals surface area contributed by atoms with Crippen molar-refractivity contribution in [2.24, 2.45) is 0 Å². The number of aromatic nitrogens is 1. The summed E-state index contributed by atoms with van der Waals surface area (Å²) < 4.78 is 27.2. The molecule has 4 nitrogen and oxygen atoms in total. The van der Waals surface area contributed by atoms with Gasteiger partial charge in [0.05, 0.1) is 10.5 Å². The largest absolute Gasteiger partial charge is 0.348 e. The van der Waals surface area contributed by atoms with E-state index >= 15 is 0 Å². The molecular weight excluding hydrogens is 300 g/mol. The maximum atomic E-state index is 13.8. The summed E-state index contributed by atoms with van der Waals surface area (Å²) >= 11 is 5.60. The first kappa shape index (κ1) is 14.3. The molecule has 1 aromatic heterocycles. The molecule has 21 heavy (non-hydrogen) atoms. The summed E-state index contributed by atoms with van der Waals surface area (Å²) in [6.07, 6.45) is 1.89. The van der Waals surface area contributed by atoms with E-state index in [1.54, 1.807) is 0 Å². The predicted molar refractivity (Wildman–Crippen MR) is 76.6 cm³/mol. The number of benzene rings is 1. The zero-order valence-electron chi connectivity index (χ0n) is 11.1. The van der Waals surface area contributed by atoms with Gasteiger partial charge in [-0.25, -0.2) is 8.78 Å². The average Bonchev–Trinajstić information content (AvgIpc) is 2.90. The van der Waals surface area contributed by atoms with Crippen LogP contribution >= 0.6 is 11.6 Å². The van der Waals surface area contributed by atoms with Crippen molar-refractivity contribution in [1.82, 2.24) is 15.6 Å². The van der Waals surface area contributed by atoms with Gasteiger partial charge in [-0.15, -0.1) is 0 Å². The predicted octanol–water partition coefficient (Wildman–Crippen LogP) is 2.58. The van der Waals surface area contributed by atoms with Crippen molar-refractivity contribution in [3.63, 3.8) is 0 Å². The van der Waals surface area contributed by atoms with Crippen molar-refractivity contribution in [1.29, 1.82) is 0 Å². The van der Waals surface area contributed by atoms with Gasteiger partial charge in [-0.3, -0.25) is 4.79 Å². The number of rotatable bonds is 2. The van der Waals surface area contributed by atoms with Gasteiger partial charge < -0.3 is 15.6 Å². The van der Waals surface area contributed by atoms with Crippen molar-refractivity contribution in [3.8, 4) is 0 Å². The van der Waals surface area contributed by atoms with Gasteiger partial charge in [0.1, 0.15) is 5.69 Å². The second kappa shape index (κ2) is 5.61. The fourth-order valence-electron chi connectivity index (χ4n) is 2.54. The van der Waals surface area contributed by atoms with E-state index < -0.39 is 11.6 Å². The van der Waals surface area contributed by atoms with E-state index in [1.165, 1.54) is 12.1 Å². The Labute approximate surface area is 124 Å². The molecular formula is C14H14ClF2N3O. The van der Waals surface area contributed by atoms with Crippen molar-refractivity contribution in [3.05, 3.63) is 34.5 Å². The molecule has 0 spiro atoms. The molecule has 1 saturated heterocycles. The fourth-order valence-corrected chi connectivity index (χ4v) is 2.74. The molecule has 1 aliphatic heterocycles. The Morgan fingerprint density at radius 1 is 1.33 bits per heavy atom. The molecule has 0 saturated carbocycles. The molecule has 112 valence electrons. The molecule has 3 rings (SSSR count). The van der Waals surface area contributed by atoms with Gasteiger partial charge in [-0.05, 0) is 31.5 Å². The van der Waals surface area contributed by atoms with E-state index in [2.05, 4.69) is 15.6 Å². The van der Waals surface area contributed by atoms with Gasteiger partial charge >= 0.3 is 0 Å². The molecule has 1 aliphatic rings. The average molecular weight is 314 g/mol. The minimum atomic E-state index is -1.12. The molecule has 0 unspecified atom stereocenters. The van der Waals surface area contributed by atoms with E-state index in [4.69, 9.17) is 11.6 Å². The maximum absolute atomic E-state index is 13.8. The Morgan fingerprint density at radius 2 is 2.14 bits per heavy atom. The van der Waals surface area contributed by atoms with Crippen LogP contribution in [0.1, 0.15) is 23.3 Å². The Bertz CT molecular complexity index is 695. The molecule has 1 amide bonds. The summed E-state index contributed by atoms with van der Waals surface area (Å²) in [7, 11) is 0. The molecule has 1 atom stereocenters. The highest BCUT2D eigenvalue weighted by atomic mass is 35.5. The Kier molecular flexibility index (Phi) is 3.82. The van der Waals surface area contributed by atoms with Crippen LogP contribution in [0, 0.1) is 11.6 Å². The lowest BCUT2D eigenvalue weighted by Crippen LogP contribution is -2.45. The molecule has 7 heteroatoms. The third-order valence-corrected chi connectivity index (χ3v) is 3.90. The zero-order valence-corrected chi connectivity index (χ0v) is 11.9. The van der Waals surface area contributed by atoms with E-state index in [0.29, 0.717) is 11.9 Å². The number of aromatic amines is 1. The number of piperidine rings is 1. The van der Waals surface area contributed by atoms with Gasteiger partial charge in [0.2, 0.25) is 0 Å². The monoisotopic (exact) mass is 313 g/mol. The zero-order chi connectivity index (χ0) is 15.0. The normalized spacial score (nSPS) is 18.9. The minimum Gasteiger partial charge on any atom is -0.348 e. The second-order valence-electron chi connectivity index (χ2n) is 5.15. The fraction of sp³-hybridized carbons (Fsp3) is 0.357. The van der Waals surface area contributed by atoms with Crippen LogP contribution < -0.4 is 10.6 Å². The first-order chi connectivity index (χ1) is 10.1. The van der Waals surface area contributed by atoms with E-state index in [9.17, 15) is 13.6 Å². The Morgan fingerprint density at radius 3 is 2.86 bits per heavy atom. The van der Waals surface area contributed by atoms with E-state index in [-0.39, 0.29) is 28.2 Å². The minimum absolute atomic E-state index is 0.0443. The topological polar surface area (TPSA) is 56.9 Å². The summed E-state index contributed by atoms with van der Waals surface area (Å²) in [5.41, 5.74) is 0.139. The number of hydrogen-bond donors (Lipinski definition) is 3. The van der Waals surface area contributed by atoms with Crippen LogP contribution in [0.5, 0.6) is 0 Å². The van der Waals surface area contributed by atoms with Gasteiger partial charge in [0.15, 0.2) is 11.6 Å². The first-order valence-electron chi connectivity index (χ1n) is 6.74. The van der Waals surface area contributed by atoms with Crippen molar-refractivity contribution >= 4 is 28.4 Å². The summed E-state index contributed by atoms with van der Waals surface area (Å²) in [6.45, 7) is 1.66. The summed E-state index contributed by atoms with van der Waals surface area (Å²) in [5.74, 6) is -2.53. The number of halogens is 3. The van der Waals surface area contributed by atoms with Crippen LogP contribution in [0.15, 0.2) is 12.1 Å². The highest BCUT2D eigenvalue weighted by molar-refractivity contribution is 6.31. The molecule has 0 aliphatic carbocycles. The number of hydrogen-bond acceptors (Lipinski definition) is 2. The van der Waals surface area contributed by atoms with Gasteiger partial charge in [-0.2, -0.15) is 0 Å². The molecule has 3 N–H and O–H groups in total. The van der Waals surface area contributed by atoms with Crippen molar-refractivity contribution in [2.75, 3.05) is 13.1 Å². The molecule has 1 fully saturated rings. The van der Waals surface area contributed by atoms with E-state index in [1.807, 2.05) is 0 Å². The highest BCUT2D eigenvalue weighted by Gasteiger charge is 2.20. The first-order valence-corrected chi connectivity index (χ1v) is 7.12. The van der Waals surface area contributed by atoms with Gasteiger partial charge in [0, 0.05) is 18.0 Å². The van der Waals surface area contributed by atoms with Crippen LogP contribution in [0.3, 0.4) is 0 Å². The number of amides is 1. The van der Waals surface area contributed by atoms with Crippen LogP contribution in [-0.4, -0.2) is 30.0 Å². The number of carbonyl (C=O) groups is 1. The number of nitrogens with one attached hydrogen (secondary N) is 3. The molecule has 2 heterocycles. The van der Waals surface area contributed by atoms with Crippen LogP contribution in [0.25, 0.3) is 10.9 Å². The van der Waals surface area contributed by atoms with Crippen LogP contribution in [0.4, 0.5) is 8.78 Å². The summed E-state index contributed by atoms with van der Waals surface area (Å²) in [5, 5.41) is 6.12. The Balaban J connectivity index is 1.86. The lowest BCUT2D eigenvalue weighted by molar-refractivity contribution is 0.0926. The Hall–Kier alpha value is -1.66. The third-order valence-electron chi connectivity index (χ3n) is 3.63. The molecule has 1 aromatic carbocycles. The highest BCUT2D eigenvalue weighted by Crippen LogP contribution is 2.27. The van der Waals surface area contributed by atoms with Gasteiger partial charge in [0.25, 0.3) is 5.91 Å². The lowest BCUT2D eigenvalue weighted by atomic mass is 10.1. The van der Waals surface area contributed by atoms with Crippen molar-refractivity contribution < 1.29 is 13.6 Å². The summed E-state index contributed by atoms with van der Waals surface area (Å²) in [4.78, 5) is 14.8. The van der Waals surface area contributed by atoms with E-state index in [0.717, 1.165) is 19.4 Å². The molecule has 0 bridgehead atoms. The lowest BCUT2D eigenvalue weighted by Gasteiger charge is -2.23. The molecule has 0 radical (unpaired) electrons. The number of fused-ring (bicyclic) bond motifs is 1. The third kappa shape index (κ3) is 2.73. The standard InChI is InChI=1S/C14H14ClF2N3O/c15-9-4-7-5-10(20-13(7)12(17)11(9)16)14(21)19-8-2-1-3-18-6-8/h4-5,8,18,20H,1-3,6H2,(H,19,21)/t8-/m0/s1. The van der Waals surface area contributed by atoms with Crippen LogP contribution in [0.2, 0.25) is 5.02 Å².